The van der Waals surface area contributed by atoms with Gasteiger partial charge in [0, 0.05) is 23.6 Å². The molecule has 1 atom stereocenters. The molecule has 122 valence electrons. The number of thiazole rings is 1. The van der Waals surface area contributed by atoms with E-state index in [4.69, 9.17) is 21.1 Å². The molecule has 1 fully saturated rings. The monoisotopic (exact) mass is 352 g/mol. The molecule has 2 aromatic rings. The van der Waals surface area contributed by atoms with Crippen LogP contribution in [0.2, 0.25) is 5.02 Å². The Kier molecular flexibility index (Phi) is 5.48. The Morgan fingerprint density at radius 1 is 1.43 bits per heavy atom. The molecular weight excluding hydrogens is 336 g/mol. The van der Waals surface area contributed by atoms with Crippen LogP contribution in [0.15, 0.2) is 29.6 Å². The third kappa shape index (κ3) is 4.67. The van der Waals surface area contributed by atoms with Gasteiger partial charge in [-0.1, -0.05) is 11.6 Å². The number of halogens is 1. The fraction of sp³-hybridized carbons (Fsp3) is 0.375. The van der Waals surface area contributed by atoms with Gasteiger partial charge in [-0.3, -0.25) is 4.79 Å². The first-order valence-corrected chi connectivity index (χ1v) is 8.69. The average Bonchev–Trinajstić information content (AvgIpc) is 3.24. The van der Waals surface area contributed by atoms with E-state index in [9.17, 15) is 4.79 Å². The number of nitrogens with zero attached hydrogens (tertiary/aromatic N) is 1. The number of ether oxygens (including phenoxy) is 2. The van der Waals surface area contributed by atoms with Crippen LogP contribution in [0.4, 0.5) is 0 Å². The second kappa shape index (κ2) is 7.77. The molecule has 1 aliphatic rings. The second-order valence-electron chi connectivity index (χ2n) is 5.21. The molecule has 5 nitrogen and oxygen atoms in total. The van der Waals surface area contributed by atoms with Crippen LogP contribution in [-0.2, 0) is 11.3 Å². The molecule has 0 radical (unpaired) electrons. The quantitative estimate of drug-likeness (QED) is 0.866. The molecule has 2 heterocycles. The number of hydrogen-bond acceptors (Lipinski definition) is 5. The standard InChI is InChI=1S/C16H17ClN2O3S/c17-11-3-5-12(6-4-11)22-9-15-19-14(10-23-15)16(20)18-8-13-2-1-7-21-13/h3-6,10,13H,1-2,7-9H2,(H,18,20)/t13-/m1/s1. The molecule has 7 heteroatoms. The maximum atomic E-state index is 12.0. The van der Waals surface area contributed by atoms with Crippen molar-refractivity contribution in [2.45, 2.75) is 25.6 Å². The molecule has 1 amide bonds. The molecule has 1 aromatic heterocycles. The average molecular weight is 353 g/mol. The lowest BCUT2D eigenvalue weighted by molar-refractivity contribution is 0.0854. The number of carbonyl (C=O) groups is 1. The fourth-order valence-corrected chi connectivity index (χ4v) is 3.07. The number of amides is 1. The molecule has 3 rings (SSSR count). The van der Waals surface area contributed by atoms with Crippen LogP contribution in [0.25, 0.3) is 0 Å². The van der Waals surface area contributed by atoms with Gasteiger partial charge in [0.2, 0.25) is 0 Å². The van der Waals surface area contributed by atoms with Crippen LogP contribution in [0, 0.1) is 0 Å². The van der Waals surface area contributed by atoms with E-state index in [1.807, 2.05) is 0 Å². The van der Waals surface area contributed by atoms with Gasteiger partial charge in [-0.25, -0.2) is 4.98 Å². The van der Waals surface area contributed by atoms with Crippen molar-refractivity contribution in [3.8, 4) is 5.75 Å². The van der Waals surface area contributed by atoms with Gasteiger partial charge >= 0.3 is 0 Å². The van der Waals surface area contributed by atoms with Gasteiger partial charge in [0.25, 0.3) is 5.91 Å². The van der Waals surface area contributed by atoms with Crippen molar-refractivity contribution in [3.63, 3.8) is 0 Å². The lowest BCUT2D eigenvalue weighted by Gasteiger charge is -2.09. The van der Waals surface area contributed by atoms with Gasteiger partial charge in [-0.15, -0.1) is 11.3 Å². The number of benzene rings is 1. The number of rotatable bonds is 6. The first-order chi connectivity index (χ1) is 11.2. The molecule has 0 saturated carbocycles. The van der Waals surface area contributed by atoms with Gasteiger partial charge in [0.15, 0.2) is 0 Å². The molecule has 0 aliphatic carbocycles. The van der Waals surface area contributed by atoms with Gasteiger partial charge in [-0.05, 0) is 37.1 Å². The van der Waals surface area contributed by atoms with Crippen LogP contribution < -0.4 is 10.1 Å². The molecule has 1 saturated heterocycles. The highest BCUT2D eigenvalue weighted by Gasteiger charge is 2.17. The van der Waals surface area contributed by atoms with Crippen molar-refractivity contribution >= 4 is 28.8 Å². The van der Waals surface area contributed by atoms with Gasteiger partial charge in [0.05, 0.1) is 6.10 Å². The second-order valence-corrected chi connectivity index (χ2v) is 6.59. The Morgan fingerprint density at radius 3 is 3.00 bits per heavy atom. The molecular formula is C16H17ClN2O3S. The van der Waals surface area contributed by atoms with Crippen LogP contribution >= 0.6 is 22.9 Å². The van der Waals surface area contributed by atoms with E-state index >= 15 is 0 Å². The Morgan fingerprint density at radius 2 is 2.26 bits per heavy atom. The van der Waals surface area contributed by atoms with Crippen molar-refractivity contribution in [2.24, 2.45) is 0 Å². The summed E-state index contributed by atoms with van der Waals surface area (Å²) < 4.78 is 11.1. The molecule has 1 aliphatic heterocycles. The Bertz CT molecular complexity index is 654. The predicted octanol–water partition coefficient (Wildman–Crippen LogP) is 3.28. The Balaban J connectivity index is 1.48. The van der Waals surface area contributed by atoms with Crippen molar-refractivity contribution in [1.29, 1.82) is 0 Å². The van der Waals surface area contributed by atoms with Crippen molar-refractivity contribution < 1.29 is 14.3 Å². The molecule has 0 bridgehead atoms. The number of nitrogens with one attached hydrogen (secondary N) is 1. The summed E-state index contributed by atoms with van der Waals surface area (Å²) in [6.45, 7) is 1.64. The maximum Gasteiger partial charge on any atom is 0.270 e. The summed E-state index contributed by atoms with van der Waals surface area (Å²) >= 11 is 7.23. The first kappa shape index (κ1) is 16.2. The van der Waals surface area contributed by atoms with E-state index in [2.05, 4.69) is 10.3 Å². The smallest absolute Gasteiger partial charge is 0.270 e. The van der Waals surface area contributed by atoms with E-state index in [-0.39, 0.29) is 12.0 Å². The molecule has 0 spiro atoms. The molecule has 0 unspecified atom stereocenters. The summed E-state index contributed by atoms with van der Waals surface area (Å²) in [5.74, 6) is 0.545. The van der Waals surface area contributed by atoms with E-state index in [1.165, 1.54) is 11.3 Å². The number of hydrogen-bond donors (Lipinski definition) is 1. The number of carbonyl (C=O) groups excluding carboxylic acids is 1. The predicted molar refractivity (Wildman–Crippen MR) is 89.2 cm³/mol. The highest BCUT2D eigenvalue weighted by Crippen LogP contribution is 2.18. The molecule has 1 N–H and O–H groups in total. The largest absolute Gasteiger partial charge is 0.486 e. The highest BCUT2D eigenvalue weighted by molar-refractivity contribution is 7.09. The molecule has 23 heavy (non-hydrogen) atoms. The van der Waals surface area contributed by atoms with Crippen LogP contribution in [0.3, 0.4) is 0 Å². The van der Waals surface area contributed by atoms with Gasteiger partial charge in [0.1, 0.15) is 23.1 Å². The van der Waals surface area contributed by atoms with E-state index < -0.39 is 0 Å². The summed E-state index contributed by atoms with van der Waals surface area (Å²) in [4.78, 5) is 16.4. The Hall–Kier alpha value is -1.63. The van der Waals surface area contributed by atoms with Crippen molar-refractivity contribution in [3.05, 3.63) is 45.4 Å². The number of aromatic nitrogens is 1. The lowest BCUT2D eigenvalue weighted by Crippen LogP contribution is -2.31. The topological polar surface area (TPSA) is 60.5 Å². The van der Waals surface area contributed by atoms with Gasteiger partial charge < -0.3 is 14.8 Å². The van der Waals surface area contributed by atoms with Crippen molar-refractivity contribution in [1.82, 2.24) is 10.3 Å². The van der Waals surface area contributed by atoms with E-state index in [1.54, 1.807) is 29.6 Å². The van der Waals surface area contributed by atoms with Crippen LogP contribution in [-0.4, -0.2) is 30.1 Å². The Labute approximate surface area is 143 Å². The third-order valence-electron chi connectivity index (χ3n) is 3.47. The summed E-state index contributed by atoms with van der Waals surface area (Å²) in [6.07, 6.45) is 2.19. The zero-order chi connectivity index (χ0) is 16.1. The third-order valence-corrected chi connectivity index (χ3v) is 4.55. The van der Waals surface area contributed by atoms with Crippen LogP contribution in [0.5, 0.6) is 5.75 Å². The summed E-state index contributed by atoms with van der Waals surface area (Å²) in [6, 6.07) is 7.13. The van der Waals surface area contributed by atoms with Crippen LogP contribution in [0.1, 0.15) is 28.3 Å². The minimum atomic E-state index is -0.172. The highest BCUT2D eigenvalue weighted by atomic mass is 35.5. The zero-order valence-electron chi connectivity index (χ0n) is 12.5. The maximum absolute atomic E-state index is 12.0. The van der Waals surface area contributed by atoms with Crippen molar-refractivity contribution in [2.75, 3.05) is 13.2 Å². The van der Waals surface area contributed by atoms with E-state index in [0.29, 0.717) is 29.6 Å². The zero-order valence-corrected chi connectivity index (χ0v) is 14.0. The first-order valence-electron chi connectivity index (χ1n) is 7.43. The normalized spacial score (nSPS) is 17.2. The lowest BCUT2D eigenvalue weighted by atomic mass is 10.2. The van der Waals surface area contributed by atoms with Gasteiger partial charge in [-0.2, -0.15) is 0 Å². The summed E-state index contributed by atoms with van der Waals surface area (Å²) in [7, 11) is 0. The fourth-order valence-electron chi connectivity index (χ4n) is 2.26. The van der Waals surface area contributed by atoms with E-state index in [0.717, 1.165) is 24.5 Å². The molecule has 1 aromatic carbocycles. The minimum Gasteiger partial charge on any atom is -0.486 e. The summed E-state index contributed by atoms with van der Waals surface area (Å²) in [5.41, 5.74) is 0.419. The SMILES string of the molecule is O=C(NC[C@H]1CCCO1)c1csc(COc2ccc(Cl)cc2)n1. The minimum absolute atomic E-state index is 0.130. The summed E-state index contributed by atoms with van der Waals surface area (Å²) in [5, 5.41) is 6.02.